The number of hydrogen-bond donors (Lipinski definition) is 2. The van der Waals surface area contributed by atoms with E-state index >= 15 is 0 Å². The van der Waals surface area contributed by atoms with E-state index in [9.17, 15) is 26.4 Å². The molecular weight excluding hydrogens is 431 g/mol. The number of benzene rings is 2. The van der Waals surface area contributed by atoms with Gasteiger partial charge < -0.3 is 10.6 Å². The maximum Gasteiger partial charge on any atom is 0.416 e. The number of amidine groups is 1. The number of sulfonamides is 1. The van der Waals surface area contributed by atoms with Crippen LogP contribution in [-0.2, 0) is 27.4 Å². The highest BCUT2D eigenvalue weighted by Gasteiger charge is 2.33. The summed E-state index contributed by atoms with van der Waals surface area (Å²) in [5, 5.41) is 5.45. The number of rotatable bonds is 7. The molecule has 6 nitrogen and oxygen atoms in total. The Hall–Kier alpha value is -2.88. The van der Waals surface area contributed by atoms with Crippen molar-refractivity contribution in [3.8, 4) is 0 Å². The first-order valence-electron chi connectivity index (χ1n) is 9.70. The van der Waals surface area contributed by atoms with Gasteiger partial charge in [-0.15, -0.1) is 4.40 Å². The molecule has 31 heavy (non-hydrogen) atoms. The van der Waals surface area contributed by atoms with Crippen molar-refractivity contribution in [2.75, 3.05) is 5.32 Å². The number of fused-ring (bicyclic) bond motifs is 1. The van der Waals surface area contributed by atoms with Gasteiger partial charge in [-0.2, -0.15) is 21.6 Å². The third kappa shape index (κ3) is 6.06. The number of carbonyl (C=O) groups excluding carboxylic acids is 1. The van der Waals surface area contributed by atoms with Crippen molar-refractivity contribution >= 4 is 27.5 Å². The van der Waals surface area contributed by atoms with Gasteiger partial charge in [0.05, 0.1) is 11.3 Å². The van der Waals surface area contributed by atoms with Crippen molar-refractivity contribution in [1.82, 2.24) is 5.32 Å². The molecule has 1 aliphatic rings. The normalized spacial score (nSPS) is 15.9. The van der Waals surface area contributed by atoms with E-state index in [0.29, 0.717) is 6.07 Å². The number of nitrogens with zero attached hydrogens (tertiary/aromatic N) is 1. The third-order valence-electron chi connectivity index (χ3n) is 4.80. The Kier molecular flexibility index (Phi) is 6.68. The lowest BCUT2D eigenvalue weighted by Gasteiger charge is -2.20. The predicted octanol–water partition coefficient (Wildman–Crippen LogP) is 4.14. The molecule has 0 saturated heterocycles. The minimum absolute atomic E-state index is 0.0495. The van der Waals surface area contributed by atoms with E-state index in [1.807, 2.05) is 37.3 Å². The summed E-state index contributed by atoms with van der Waals surface area (Å²) in [5.74, 6) is -0.365. The molecule has 2 aromatic carbocycles. The Bertz CT molecular complexity index is 1080. The topological polar surface area (TPSA) is 87.6 Å². The van der Waals surface area contributed by atoms with Gasteiger partial charge >= 0.3 is 6.18 Å². The van der Waals surface area contributed by atoms with Crippen LogP contribution in [0.4, 0.5) is 18.9 Å². The SMILES string of the molecule is CC(CCc1ccccc1)NC(=O)CCC1=NS(=O)(=O)c2ccc(C(F)(F)F)cc2N1. The summed E-state index contributed by atoms with van der Waals surface area (Å²) in [5.41, 5.74) is -0.0110. The molecule has 0 bridgehead atoms. The maximum absolute atomic E-state index is 12.9. The first kappa shape index (κ1) is 22.8. The summed E-state index contributed by atoms with van der Waals surface area (Å²) in [6.07, 6.45) is -3.17. The van der Waals surface area contributed by atoms with Gasteiger partial charge in [0.1, 0.15) is 10.7 Å². The van der Waals surface area contributed by atoms with E-state index in [1.165, 1.54) is 0 Å². The maximum atomic E-state index is 12.9. The standard InChI is InChI=1S/C21H22F3N3O3S/c1-14(7-8-15-5-3-2-4-6-15)25-20(28)12-11-19-26-17-13-16(21(22,23)24)9-10-18(17)31(29,30)27-19/h2-6,9-10,13-14H,7-8,11-12H2,1H3,(H,25,28)(H,26,27). The average Bonchev–Trinajstić information content (AvgIpc) is 2.70. The quantitative estimate of drug-likeness (QED) is 0.660. The van der Waals surface area contributed by atoms with E-state index < -0.39 is 21.8 Å². The van der Waals surface area contributed by atoms with Crippen LogP contribution in [0.3, 0.4) is 0 Å². The van der Waals surface area contributed by atoms with E-state index in [2.05, 4.69) is 15.0 Å². The number of alkyl halides is 3. The zero-order valence-electron chi connectivity index (χ0n) is 16.7. The van der Waals surface area contributed by atoms with Crippen LogP contribution in [0, 0.1) is 0 Å². The minimum atomic E-state index is -4.61. The minimum Gasteiger partial charge on any atom is -0.354 e. The second-order valence-corrected chi connectivity index (χ2v) is 8.91. The van der Waals surface area contributed by atoms with Crippen molar-refractivity contribution in [2.45, 2.75) is 49.7 Å². The highest BCUT2D eigenvalue weighted by molar-refractivity contribution is 7.90. The number of aryl methyl sites for hydroxylation is 1. The fourth-order valence-electron chi connectivity index (χ4n) is 3.19. The monoisotopic (exact) mass is 453 g/mol. The van der Waals surface area contributed by atoms with Crippen LogP contribution < -0.4 is 10.6 Å². The van der Waals surface area contributed by atoms with Gasteiger partial charge in [-0.25, -0.2) is 0 Å². The molecule has 1 heterocycles. The van der Waals surface area contributed by atoms with Gasteiger partial charge in [-0.1, -0.05) is 30.3 Å². The van der Waals surface area contributed by atoms with Crippen LogP contribution in [0.2, 0.25) is 0 Å². The summed E-state index contributed by atoms with van der Waals surface area (Å²) in [6, 6.07) is 12.0. The Morgan fingerprint density at radius 3 is 2.52 bits per heavy atom. The predicted molar refractivity (Wildman–Crippen MR) is 111 cm³/mol. The van der Waals surface area contributed by atoms with Crippen LogP contribution in [0.1, 0.15) is 37.3 Å². The Morgan fingerprint density at radius 1 is 1.13 bits per heavy atom. The summed E-state index contributed by atoms with van der Waals surface area (Å²) >= 11 is 0. The number of halogens is 3. The largest absolute Gasteiger partial charge is 0.416 e. The molecule has 0 spiro atoms. The molecule has 2 aromatic rings. The molecule has 0 aromatic heterocycles. The van der Waals surface area contributed by atoms with Gasteiger partial charge in [-0.3, -0.25) is 4.79 Å². The first-order valence-corrected chi connectivity index (χ1v) is 11.1. The summed E-state index contributed by atoms with van der Waals surface area (Å²) in [6.45, 7) is 1.87. The number of nitrogens with one attached hydrogen (secondary N) is 2. The number of carbonyl (C=O) groups is 1. The Morgan fingerprint density at radius 2 is 1.84 bits per heavy atom. The molecular formula is C21H22F3N3O3S. The Balaban J connectivity index is 1.57. The van der Waals surface area contributed by atoms with E-state index in [1.54, 1.807) is 0 Å². The van der Waals surface area contributed by atoms with Crippen molar-refractivity contribution in [1.29, 1.82) is 0 Å². The van der Waals surface area contributed by atoms with Gasteiger partial charge in [0, 0.05) is 18.9 Å². The summed E-state index contributed by atoms with van der Waals surface area (Å²) in [4.78, 5) is 11.9. The Labute approximate surface area is 178 Å². The van der Waals surface area contributed by atoms with Crippen LogP contribution in [0.15, 0.2) is 57.8 Å². The van der Waals surface area contributed by atoms with E-state index in [-0.39, 0.29) is 41.2 Å². The van der Waals surface area contributed by atoms with E-state index in [0.717, 1.165) is 30.5 Å². The van der Waals surface area contributed by atoms with Crippen molar-refractivity contribution in [3.63, 3.8) is 0 Å². The van der Waals surface area contributed by atoms with Crippen LogP contribution >= 0.6 is 0 Å². The zero-order chi connectivity index (χ0) is 22.6. The lowest BCUT2D eigenvalue weighted by atomic mass is 10.1. The summed E-state index contributed by atoms with van der Waals surface area (Å²) in [7, 11) is -4.14. The number of anilines is 1. The smallest absolute Gasteiger partial charge is 0.354 e. The van der Waals surface area contributed by atoms with Crippen LogP contribution in [0.25, 0.3) is 0 Å². The average molecular weight is 453 g/mol. The molecule has 3 rings (SSSR count). The van der Waals surface area contributed by atoms with E-state index in [4.69, 9.17) is 0 Å². The molecule has 166 valence electrons. The van der Waals surface area contributed by atoms with Gasteiger partial charge in [0.15, 0.2) is 0 Å². The van der Waals surface area contributed by atoms with Crippen LogP contribution in [0.5, 0.6) is 0 Å². The molecule has 10 heteroatoms. The van der Waals surface area contributed by atoms with Crippen molar-refractivity contribution in [2.24, 2.45) is 4.40 Å². The fraction of sp³-hybridized carbons (Fsp3) is 0.333. The summed E-state index contributed by atoms with van der Waals surface area (Å²) < 4.78 is 66.9. The molecule has 1 atom stereocenters. The molecule has 1 unspecified atom stereocenters. The molecule has 0 radical (unpaired) electrons. The lowest BCUT2D eigenvalue weighted by Crippen LogP contribution is -2.33. The van der Waals surface area contributed by atoms with Gasteiger partial charge in [0.2, 0.25) is 5.91 Å². The first-order chi connectivity index (χ1) is 14.5. The molecule has 1 aliphatic heterocycles. The molecule has 0 fully saturated rings. The van der Waals surface area contributed by atoms with Crippen molar-refractivity contribution < 1.29 is 26.4 Å². The molecule has 0 aliphatic carbocycles. The highest BCUT2D eigenvalue weighted by Crippen LogP contribution is 2.35. The second kappa shape index (κ2) is 9.09. The van der Waals surface area contributed by atoms with Gasteiger partial charge in [-0.05, 0) is 43.5 Å². The van der Waals surface area contributed by atoms with Crippen molar-refractivity contribution in [3.05, 3.63) is 59.7 Å². The molecule has 2 N–H and O–H groups in total. The lowest BCUT2D eigenvalue weighted by molar-refractivity contribution is -0.137. The third-order valence-corrected chi connectivity index (χ3v) is 6.17. The molecule has 1 amide bonds. The fourth-order valence-corrected chi connectivity index (χ4v) is 4.34. The molecule has 0 saturated carbocycles. The number of hydrogen-bond acceptors (Lipinski definition) is 4. The number of amides is 1. The zero-order valence-corrected chi connectivity index (χ0v) is 17.6. The second-order valence-electron chi connectivity index (χ2n) is 7.34. The van der Waals surface area contributed by atoms with Crippen LogP contribution in [-0.4, -0.2) is 26.2 Å². The highest BCUT2D eigenvalue weighted by atomic mass is 32.2. The van der Waals surface area contributed by atoms with Gasteiger partial charge in [0.25, 0.3) is 10.0 Å².